The highest BCUT2D eigenvalue weighted by atomic mass is 32.1. The third-order valence-electron chi connectivity index (χ3n) is 4.12. The molecule has 0 spiro atoms. The molecule has 4 rings (SSSR count). The fourth-order valence-electron chi connectivity index (χ4n) is 2.81. The Kier molecular flexibility index (Phi) is 4.00. The zero-order chi connectivity index (χ0) is 16.4. The van der Waals surface area contributed by atoms with Crippen LogP contribution in [0.3, 0.4) is 0 Å². The number of hydrogen-bond acceptors (Lipinski definition) is 5. The van der Waals surface area contributed by atoms with Crippen molar-refractivity contribution in [1.82, 2.24) is 14.9 Å². The molecular weight excluding hydrogens is 322 g/mol. The molecule has 0 bridgehead atoms. The van der Waals surface area contributed by atoms with E-state index in [1.807, 2.05) is 46.8 Å². The predicted octanol–water partition coefficient (Wildman–Crippen LogP) is 3.05. The van der Waals surface area contributed by atoms with Crippen molar-refractivity contribution in [2.24, 2.45) is 0 Å². The van der Waals surface area contributed by atoms with Crippen molar-refractivity contribution >= 4 is 39.1 Å². The number of urea groups is 1. The number of pyridine rings is 1. The Bertz CT molecular complexity index is 842. The summed E-state index contributed by atoms with van der Waals surface area (Å²) in [6, 6.07) is 11.6. The Morgan fingerprint density at radius 3 is 2.75 bits per heavy atom. The fraction of sp³-hybridized carbons (Fsp3) is 0.235. The predicted molar refractivity (Wildman–Crippen MR) is 96.7 cm³/mol. The summed E-state index contributed by atoms with van der Waals surface area (Å²) in [5, 5.41) is 2.98. The average molecular weight is 339 g/mol. The number of piperazine rings is 1. The van der Waals surface area contributed by atoms with Gasteiger partial charge in [-0.25, -0.2) is 14.8 Å². The smallest absolute Gasteiger partial charge is 0.321 e. The van der Waals surface area contributed by atoms with Crippen LogP contribution >= 0.6 is 11.3 Å². The maximum atomic E-state index is 12.5. The maximum Gasteiger partial charge on any atom is 0.321 e. The Labute approximate surface area is 143 Å². The SMILES string of the molecule is O=C(Nc1ccc2ncsc2c1)N1CCN(c2ccccn2)CC1. The molecule has 1 aromatic carbocycles. The van der Waals surface area contributed by atoms with Crippen LogP contribution in [-0.4, -0.2) is 47.1 Å². The highest BCUT2D eigenvalue weighted by Gasteiger charge is 2.21. The van der Waals surface area contributed by atoms with Crippen LogP contribution in [0.2, 0.25) is 0 Å². The van der Waals surface area contributed by atoms with Crippen LogP contribution in [0.25, 0.3) is 10.2 Å². The van der Waals surface area contributed by atoms with Gasteiger partial charge in [0, 0.05) is 38.1 Å². The van der Waals surface area contributed by atoms with Crippen LogP contribution in [0.1, 0.15) is 0 Å². The minimum Gasteiger partial charge on any atom is -0.353 e. The molecule has 1 saturated heterocycles. The summed E-state index contributed by atoms with van der Waals surface area (Å²) in [7, 11) is 0. The van der Waals surface area contributed by atoms with E-state index in [1.165, 1.54) is 0 Å². The minimum absolute atomic E-state index is 0.0560. The van der Waals surface area contributed by atoms with Gasteiger partial charge in [-0.15, -0.1) is 11.3 Å². The van der Waals surface area contributed by atoms with Gasteiger partial charge in [0.25, 0.3) is 0 Å². The van der Waals surface area contributed by atoms with Crippen LogP contribution in [0.5, 0.6) is 0 Å². The van der Waals surface area contributed by atoms with Crippen LogP contribution in [0, 0.1) is 0 Å². The first-order valence-corrected chi connectivity index (χ1v) is 8.73. The normalized spacial score (nSPS) is 14.8. The number of amides is 2. The Morgan fingerprint density at radius 2 is 1.96 bits per heavy atom. The molecule has 3 heterocycles. The van der Waals surface area contributed by atoms with Crippen molar-refractivity contribution < 1.29 is 4.79 Å². The fourth-order valence-corrected chi connectivity index (χ4v) is 3.53. The van der Waals surface area contributed by atoms with Crippen molar-refractivity contribution in [2.45, 2.75) is 0 Å². The molecule has 7 heteroatoms. The van der Waals surface area contributed by atoms with Crippen molar-refractivity contribution in [3.8, 4) is 0 Å². The van der Waals surface area contributed by atoms with E-state index in [0.717, 1.165) is 34.8 Å². The number of aromatic nitrogens is 2. The summed E-state index contributed by atoms with van der Waals surface area (Å²) in [6.07, 6.45) is 1.80. The number of nitrogens with one attached hydrogen (secondary N) is 1. The third kappa shape index (κ3) is 3.03. The zero-order valence-corrected chi connectivity index (χ0v) is 13.9. The maximum absolute atomic E-state index is 12.5. The molecule has 0 atom stereocenters. The lowest BCUT2D eigenvalue weighted by Crippen LogP contribution is -2.50. The number of hydrogen-bond donors (Lipinski definition) is 1. The number of fused-ring (bicyclic) bond motifs is 1. The van der Waals surface area contributed by atoms with E-state index in [0.29, 0.717) is 13.1 Å². The molecule has 1 aliphatic heterocycles. The van der Waals surface area contributed by atoms with E-state index in [4.69, 9.17) is 0 Å². The zero-order valence-electron chi connectivity index (χ0n) is 13.1. The summed E-state index contributed by atoms with van der Waals surface area (Å²) >= 11 is 1.57. The van der Waals surface area contributed by atoms with Gasteiger partial charge in [-0.2, -0.15) is 0 Å². The number of carbonyl (C=O) groups excluding carboxylic acids is 1. The number of rotatable bonds is 2. The molecule has 0 radical (unpaired) electrons. The number of benzene rings is 1. The molecule has 0 unspecified atom stereocenters. The van der Waals surface area contributed by atoms with Crippen molar-refractivity contribution in [3.63, 3.8) is 0 Å². The molecular formula is C17H17N5OS. The second-order valence-electron chi connectivity index (χ2n) is 5.63. The van der Waals surface area contributed by atoms with Gasteiger partial charge in [-0.05, 0) is 30.3 Å². The van der Waals surface area contributed by atoms with Gasteiger partial charge in [-0.1, -0.05) is 6.07 Å². The van der Waals surface area contributed by atoms with Gasteiger partial charge in [0.15, 0.2) is 0 Å². The topological polar surface area (TPSA) is 61.4 Å². The van der Waals surface area contributed by atoms with E-state index in [9.17, 15) is 4.79 Å². The molecule has 1 fully saturated rings. The summed E-state index contributed by atoms with van der Waals surface area (Å²) in [5.74, 6) is 0.966. The monoisotopic (exact) mass is 339 g/mol. The molecule has 0 saturated carbocycles. The van der Waals surface area contributed by atoms with Gasteiger partial charge in [0.05, 0.1) is 15.7 Å². The second kappa shape index (κ2) is 6.45. The van der Waals surface area contributed by atoms with Crippen molar-refractivity contribution in [2.75, 3.05) is 36.4 Å². The van der Waals surface area contributed by atoms with Crippen molar-refractivity contribution in [1.29, 1.82) is 0 Å². The lowest BCUT2D eigenvalue weighted by atomic mass is 10.3. The first kappa shape index (κ1) is 14.9. The summed E-state index contributed by atoms with van der Waals surface area (Å²) < 4.78 is 1.08. The standard InChI is InChI=1S/C17H17N5OS/c23-17(20-13-4-5-14-15(11-13)24-12-19-14)22-9-7-21(8-10-22)16-3-1-2-6-18-16/h1-6,11-12H,7-10H2,(H,20,23). The van der Waals surface area contributed by atoms with Gasteiger partial charge < -0.3 is 15.1 Å². The highest BCUT2D eigenvalue weighted by molar-refractivity contribution is 7.16. The number of anilines is 2. The summed E-state index contributed by atoms with van der Waals surface area (Å²) in [4.78, 5) is 25.1. The van der Waals surface area contributed by atoms with Gasteiger partial charge >= 0.3 is 6.03 Å². The van der Waals surface area contributed by atoms with Crippen LogP contribution in [-0.2, 0) is 0 Å². The van der Waals surface area contributed by atoms with E-state index in [-0.39, 0.29) is 6.03 Å². The molecule has 24 heavy (non-hydrogen) atoms. The lowest BCUT2D eigenvalue weighted by molar-refractivity contribution is 0.208. The van der Waals surface area contributed by atoms with Crippen LogP contribution in [0.15, 0.2) is 48.1 Å². The first-order chi connectivity index (χ1) is 11.8. The quantitative estimate of drug-likeness (QED) is 0.779. The Hall–Kier alpha value is -2.67. The minimum atomic E-state index is -0.0560. The van der Waals surface area contributed by atoms with Crippen LogP contribution in [0.4, 0.5) is 16.3 Å². The molecule has 2 aromatic heterocycles. The molecule has 2 amide bonds. The number of thiazole rings is 1. The number of nitrogens with zero attached hydrogens (tertiary/aromatic N) is 4. The van der Waals surface area contributed by atoms with Crippen molar-refractivity contribution in [3.05, 3.63) is 48.1 Å². The van der Waals surface area contributed by atoms with E-state index >= 15 is 0 Å². The second-order valence-corrected chi connectivity index (χ2v) is 6.51. The van der Waals surface area contributed by atoms with Crippen LogP contribution < -0.4 is 10.2 Å². The summed E-state index contributed by atoms with van der Waals surface area (Å²) in [5.41, 5.74) is 3.58. The highest BCUT2D eigenvalue weighted by Crippen LogP contribution is 2.22. The Morgan fingerprint density at radius 1 is 1.08 bits per heavy atom. The third-order valence-corrected chi connectivity index (χ3v) is 4.91. The van der Waals surface area contributed by atoms with E-state index in [1.54, 1.807) is 17.5 Å². The van der Waals surface area contributed by atoms with E-state index in [2.05, 4.69) is 20.2 Å². The van der Waals surface area contributed by atoms with Gasteiger partial charge in [0.1, 0.15) is 5.82 Å². The van der Waals surface area contributed by atoms with Gasteiger partial charge in [0.2, 0.25) is 0 Å². The molecule has 0 aliphatic carbocycles. The van der Waals surface area contributed by atoms with Gasteiger partial charge in [-0.3, -0.25) is 0 Å². The molecule has 1 aliphatic rings. The lowest BCUT2D eigenvalue weighted by Gasteiger charge is -2.35. The molecule has 6 nitrogen and oxygen atoms in total. The Balaban J connectivity index is 1.37. The first-order valence-electron chi connectivity index (χ1n) is 7.85. The largest absolute Gasteiger partial charge is 0.353 e. The molecule has 3 aromatic rings. The molecule has 1 N–H and O–H groups in total. The average Bonchev–Trinajstić information content (AvgIpc) is 3.10. The number of carbonyl (C=O) groups is 1. The summed E-state index contributed by atoms with van der Waals surface area (Å²) in [6.45, 7) is 2.95. The van der Waals surface area contributed by atoms with E-state index < -0.39 is 0 Å². The molecule has 122 valence electrons.